The summed E-state index contributed by atoms with van der Waals surface area (Å²) in [6.07, 6.45) is 1.16. The van der Waals surface area contributed by atoms with Crippen molar-refractivity contribution in [1.29, 1.82) is 0 Å². The number of rotatable bonds is 17. The Balaban J connectivity index is 5.50. The Kier molecular flexibility index (Phi) is 15.1. The van der Waals surface area contributed by atoms with Gasteiger partial charge in [0.25, 0.3) is 0 Å². The highest BCUT2D eigenvalue weighted by atomic mass is 32.1. The first kappa shape index (κ1) is 30.6. The molecule has 190 valence electrons. The third kappa shape index (κ3) is 11.9. The molecule has 5 atom stereocenters. The number of hydrogen-bond donors (Lipinski definition) is 8. The van der Waals surface area contributed by atoms with Crippen LogP contribution in [0.25, 0.3) is 0 Å². The molecule has 0 aliphatic carbocycles. The zero-order valence-corrected chi connectivity index (χ0v) is 20.0. The molecule has 0 aromatic carbocycles. The summed E-state index contributed by atoms with van der Waals surface area (Å²) >= 11 is 3.97. The van der Waals surface area contributed by atoms with Crippen LogP contribution in [0.5, 0.6) is 0 Å². The number of amides is 3. The van der Waals surface area contributed by atoms with Gasteiger partial charge in [0.2, 0.25) is 17.7 Å². The van der Waals surface area contributed by atoms with Crippen molar-refractivity contribution in [2.75, 3.05) is 12.3 Å². The number of aliphatic carboxylic acids is 2. The molecule has 5 unspecified atom stereocenters. The molecule has 0 bridgehead atoms. The van der Waals surface area contributed by atoms with E-state index in [1.807, 2.05) is 0 Å². The predicted molar refractivity (Wildman–Crippen MR) is 124 cm³/mol. The van der Waals surface area contributed by atoms with Crippen LogP contribution < -0.4 is 27.4 Å². The number of carboxylic acids is 2. The Bertz CT molecular complexity index is 679. The maximum absolute atomic E-state index is 13.0. The van der Waals surface area contributed by atoms with Gasteiger partial charge in [-0.15, -0.1) is 0 Å². The van der Waals surface area contributed by atoms with E-state index in [1.165, 1.54) is 0 Å². The molecule has 12 nitrogen and oxygen atoms in total. The Hall–Kier alpha value is -2.38. The molecular weight excluding hydrogens is 454 g/mol. The van der Waals surface area contributed by atoms with E-state index in [-0.39, 0.29) is 24.5 Å². The fourth-order valence-corrected chi connectivity index (χ4v) is 3.03. The van der Waals surface area contributed by atoms with Crippen molar-refractivity contribution >= 4 is 42.3 Å². The minimum atomic E-state index is -1.43. The number of nitrogens with two attached hydrogens (primary N) is 2. The van der Waals surface area contributed by atoms with Crippen molar-refractivity contribution in [1.82, 2.24) is 16.0 Å². The van der Waals surface area contributed by atoms with Crippen LogP contribution in [-0.4, -0.2) is 76.3 Å². The molecular formula is C20H37N5O7S. The molecule has 9 N–H and O–H groups in total. The van der Waals surface area contributed by atoms with Gasteiger partial charge in [-0.1, -0.05) is 20.3 Å². The minimum absolute atomic E-state index is 0.0772. The van der Waals surface area contributed by atoms with Gasteiger partial charge in [0.05, 0.1) is 6.04 Å². The topological polar surface area (TPSA) is 214 Å². The molecule has 0 heterocycles. The van der Waals surface area contributed by atoms with Crippen molar-refractivity contribution in [3.8, 4) is 0 Å². The van der Waals surface area contributed by atoms with Crippen molar-refractivity contribution in [2.45, 2.75) is 76.5 Å². The van der Waals surface area contributed by atoms with Crippen LogP contribution in [-0.2, 0) is 24.0 Å². The third-order valence-electron chi connectivity index (χ3n) is 5.17. The van der Waals surface area contributed by atoms with E-state index in [0.717, 1.165) is 0 Å². The molecule has 3 amide bonds. The van der Waals surface area contributed by atoms with Gasteiger partial charge < -0.3 is 37.6 Å². The van der Waals surface area contributed by atoms with Crippen molar-refractivity contribution in [3.05, 3.63) is 0 Å². The van der Waals surface area contributed by atoms with Crippen molar-refractivity contribution in [3.63, 3.8) is 0 Å². The summed E-state index contributed by atoms with van der Waals surface area (Å²) in [5, 5.41) is 25.6. The molecule has 0 fully saturated rings. The second kappa shape index (κ2) is 16.3. The molecule has 0 aliphatic rings. The lowest BCUT2D eigenvalue weighted by atomic mass is 9.96. The zero-order valence-electron chi connectivity index (χ0n) is 19.1. The SMILES string of the molecule is CCC(C)C(NC(=O)C(CCCCN)NC(=O)C(N)CS)C(=O)NC(CCC(=O)O)C(=O)O. The molecule has 0 spiro atoms. The van der Waals surface area contributed by atoms with E-state index < -0.39 is 60.2 Å². The lowest BCUT2D eigenvalue weighted by Gasteiger charge is -2.28. The van der Waals surface area contributed by atoms with E-state index in [9.17, 15) is 29.1 Å². The minimum Gasteiger partial charge on any atom is -0.481 e. The van der Waals surface area contributed by atoms with Gasteiger partial charge in [0, 0.05) is 12.2 Å². The van der Waals surface area contributed by atoms with Crippen LogP contribution in [0.4, 0.5) is 0 Å². The summed E-state index contributed by atoms with van der Waals surface area (Å²) in [5.41, 5.74) is 11.2. The van der Waals surface area contributed by atoms with Gasteiger partial charge in [-0.05, 0) is 38.1 Å². The molecule has 0 saturated heterocycles. The highest BCUT2D eigenvalue weighted by Gasteiger charge is 2.32. The van der Waals surface area contributed by atoms with E-state index >= 15 is 0 Å². The van der Waals surface area contributed by atoms with Gasteiger partial charge in [-0.25, -0.2) is 4.79 Å². The monoisotopic (exact) mass is 491 g/mol. The second-order valence-corrected chi connectivity index (χ2v) is 8.20. The van der Waals surface area contributed by atoms with Crippen LogP contribution in [0.3, 0.4) is 0 Å². The summed E-state index contributed by atoms with van der Waals surface area (Å²) < 4.78 is 0. The standard InChI is InChI=1S/C20H37N5O7S/c1-3-11(2)16(19(30)24-14(20(31)32)7-8-15(26)27)25-18(29)13(6-4-5-9-21)23-17(28)12(22)10-33/h11-14,16,33H,3-10,21-22H2,1-2H3,(H,23,28)(H,24,30)(H,25,29)(H,26,27)(H,31,32). The molecule has 0 rings (SSSR count). The van der Waals surface area contributed by atoms with Gasteiger partial charge in [0.15, 0.2) is 0 Å². The number of hydrogen-bond acceptors (Lipinski definition) is 8. The van der Waals surface area contributed by atoms with E-state index in [4.69, 9.17) is 16.6 Å². The summed E-state index contributed by atoms with van der Waals surface area (Å²) in [7, 11) is 0. The lowest BCUT2D eigenvalue weighted by Crippen LogP contribution is -2.58. The largest absolute Gasteiger partial charge is 0.481 e. The van der Waals surface area contributed by atoms with Crippen LogP contribution in [0.1, 0.15) is 52.4 Å². The molecule has 0 saturated carbocycles. The Morgan fingerprint density at radius 3 is 2.00 bits per heavy atom. The normalized spacial score (nSPS) is 15.4. The quantitative estimate of drug-likeness (QED) is 0.0906. The first-order valence-electron chi connectivity index (χ1n) is 10.9. The number of carbonyl (C=O) groups is 5. The summed E-state index contributed by atoms with van der Waals surface area (Å²) in [5.74, 6) is -4.82. The number of carboxylic acid groups (broad SMARTS) is 2. The van der Waals surface area contributed by atoms with Crippen LogP contribution in [0, 0.1) is 5.92 Å². The zero-order chi connectivity index (χ0) is 25.6. The van der Waals surface area contributed by atoms with Crippen LogP contribution in [0.15, 0.2) is 0 Å². The van der Waals surface area contributed by atoms with Gasteiger partial charge >= 0.3 is 11.9 Å². The predicted octanol–water partition coefficient (Wildman–Crippen LogP) is -1.18. The van der Waals surface area contributed by atoms with E-state index in [0.29, 0.717) is 25.8 Å². The molecule has 13 heteroatoms. The van der Waals surface area contributed by atoms with Crippen LogP contribution >= 0.6 is 12.6 Å². The van der Waals surface area contributed by atoms with E-state index in [2.05, 4.69) is 28.6 Å². The second-order valence-electron chi connectivity index (χ2n) is 7.84. The third-order valence-corrected chi connectivity index (χ3v) is 5.56. The molecule has 33 heavy (non-hydrogen) atoms. The smallest absolute Gasteiger partial charge is 0.326 e. The number of thiol groups is 1. The lowest BCUT2D eigenvalue weighted by molar-refractivity contribution is -0.143. The summed E-state index contributed by atoms with van der Waals surface area (Å²) in [6.45, 7) is 3.90. The summed E-state index contributed by atoms with van der Waals surface area (Å²) in [4.78, 5) is 60.2. The number of carbonyl (C=O) groups excluding carboxylic acids is 3. The average Bonchev–Trinajstić information content (AvgIpc) is 2.77. The number of unbranched alkanes of at least 4 members (excludes halogenated alkanes) is 1. The molecule has 0 aromatic rings. The van der Waals surface area contributed by atoms with Crippen molar-refractivity contribution in [2.24, 2.45) is 17.4 Å². The van der Waals surface area contributed by atoms with Crippen LogP contribution in [0.2, 0.25) is 0 Å². The van der Waals surface area contributed by atoms with Gasteiger partial charge in [0.1, 0.15) is 18.1 Å². The molecule has 0 radical (unpaired) electrons. The maximum atomic E-state index is 13.0. The maximum Gasteiger partial charge on any atom is 0.326 e. The van der Waals surface area contributed by atoms with Gasteiger partial charge in [-0.3, -0.25) is 19.2 Å². The summed E-state index contributed by atoms with van der Waals surface area (Å²) in [6, 6.07) is -4.42. The Labute approximate surface area is 199 Å². The first-order chi connectivity index (χ1) is 15.5. The van der Waals surface area contributed by atoms with Crippen molar-refractivity contribution < 1.29 is 34.2 Å². The fourth-order valence-electron chi connectivity index (χ4n) is 2.87. The highest BCUT2D eigenvalue weighted by Crippen LogP contribution is 2.11. The van der Waals surface area contributed by atoms with Gasteiger partial charge in [-0.2, -0.15) is 12.6 Å². The fraction of sp³-hybridized carbons (Fsp3) is 0.750. The first-order valence-corrected chi connectivity index (χ1v) is 11.5. The highest BCUT2D eigenvalue weighted by molar-refractivity contribution is 7.80. The van der Waals surface area contributed by atoms with E-state index in [1.54, 1.807) is 13.8 Å². The Morgan fingerprint density at radius 1 is 0.909 bits per heavy atom. The molecule has 0 aliphatic heterocycles. The Morgan fingerprint density at radius 2 is 1.52 bits per heavy atom. The number of nitrogens with one attached hydrogen (secondary N) is 3. The average molecular weight is 492 g/mol. The molecule has 0 aromatic heterocycles.